The first-order valence-corrected chi connectivity index (χ1v) is 4.87. The van der Waals surface area contributed by atoms with Crippen molar-refractivity contribution in [2.75, 3.05) is 19.7 Å². The molecule has 1 saturated carbocycles. The molecule has 76 valence electrons. The number of nitrogens with one attached hydrogen (secondary N) is 1. The van der Waals surface area contributed by atoms with Crippen LogP contribution in [-0.4, -0.2) is 30.8 Å². The van der Waals surface area contributed by atoms with Crippen molar-refractivity contribution in [3.8, 4) is 0 Å². The lowest BCUT2D eigenvalue weighted by Crippen LogP contribution is -2.32. The number of nitrogens with zero attached hydrogens (tertiary/aromatic N) is 1. The number of hydrogen-bond acceptors (Lipinski definition) is 2. The van der Waals surface area contributed by atoms with Gasteiger partial charge in [-0.1, -0.05) is 0 Å². The van der Waals surface area contributed by atoms with Crippen LogP contribution >= 0.6 is 0 Å². The van der Waals surface area contributed by atoms with E-state index in [9.17, 15) is 0 Å². The van der Waals surface area contributed by atoms with Crippen LogP contribution in [0.5, 0.6) is 0 Å². The van der Waals surface area contributed by atoms with Crippen LogP contribution < -0.4 is 11.1 Å². The van der Waals surface area contributed by atoms with Gasteiger partial charge in [-0.2, -0.15) is 0 Å². The monoisotopic (exact) mass is 185 g/mol. The van der Waals surface area contributed by atoms with E-state index >= 15 is 0 Å². The van der Waals surface area contributed by atoms with Gasteiger partial charge in [0.25, 0.3) is 0 Å². The highest BCUT2D eigenvalue weighted by molar-refractivity contribution is 5.77. The van der Waals surface area contributed by atoms with Gasteiger partial charge in [0.2, 0.25) is 0 Å². The third kappa shape index (κ3) is 3.22. The van der Waals surface area contributed by atoms with Crippen LogP contribution in [-0.2, 0) is 0 Å². The van der Waals surface area contributed by atoms with Crippen molar-refractivity contribution in [3.63, 3.8) is 0 Å². The van der Waals surface area contributed by atoms with Crippen LogP contribution in [0.15, 0.2) is 4.99 Å². The summed E-state index contributed by atoms with van der Waals surface area (Å²) in [5.74, 6) is 0.520. The van der Waals surface area contributed by atoms with E-state index in [1.54, 1.807) is 0 Å². The Balaban J connectivity index is 2.28. The van der Waals surface area contributed by atoms with Gasteiger partial charge >= 0.3 is 0 Å². The summed E-state index contributed by atoms with van der Waals surface area (Å²) >= 11 is 0. The van der Waals surface area contributed by atoms with Crippen molar-refractivity contribution in [1.29, 1.82) is 0 Å². The van der Waals surface area contributed by atoms with E-state index in [4.69, 9.17) is 10.8 Å². The van der Waals surface area contributed by atoms with Crippen molar-refractivity contribution in [2.24, 2.45) is 16.1 Å². The van der Waals surface area contributed by atoms with Crippen molar-refractivity contribution in [2.45, 2.75) is 26.2 Å². The average Bonchev–Trinajstić information content (AvgIpc) is 2.84. The lowest BCUT2D eigenvalue weighted by molar-refractivity contribution is 0.251. The Morgan fingerprint density at radius 3 is 2.77 bits per heavy atom. The molecule has 0 saturated heterocycles. The molecular weight excluding hydrogens is 166 g/mol. The van der Waals surface area contributed by atoms with Gasteiger partial charge < -0.3 is 16.2 Å². The lowest BCUT2D eigenvalue weighted by atomic mass is 10.0. The van der Waals surface area contributed by atoms with Crippen LogP contribution in [0, 0.1) is 5.41 Å². The molecule has 0 radical (unpaired) electrons. The molecule has 0 heterocycles. The highest BCUT2D eigenvalue weighted by atomic mass is 16.3. The molecule has 1 aliphatic carbocycles. The number of aliphatic hydroxyl groups is 1. The number of aliphatic hydroxyl groups excluding tert-OH is 1. The van der Waals surface area contributed by atoms with Crippen molar-refractivity contribution in [3.05, 3.63) is 0 Å². The molecule has 1 fully saturated rings. The number of aliphatic imine (C=N–C) groups is 1. The minimum Gasteiger partial charge on any atom is -0.396 e. The normalized spacial score (nSPS) is 20.0. The molecule has 0 spiro atoms. The van der Waals surface area contributed by atoms with Gasteiger partial charge in [-0.3, -0.25) is 4.99 Å². The molecule has 0 amide bonds. The van der Waals surface area contributed by atoms with E-state index in [1.807, 2.05) is 6.92 Å². The molecule has 0 unspecified atom stereocenters. The summed E-state index contributed by atoms with van der Waals surface area (Å²) in [6.45, 7) is 3.81. The highest BCUT2D eigenvalue weighted by Crippen LogP contribution is 2.48. The van der Waals surface area contributed by atoms with Crippen LogP contribution in [0.4, 0.5) is 0 Å². The summed E-state index contributed by atoms with van der Waals surface area (Å²) in [5.41, 5.74) is 5.86. The van der Waals surface area contributed by atoms with Gasteiger partial charge in [0.1, 0.15) is 0 Å². The third-order valence-corrected chi connectivity index (χ3v) is 2.54. The molecule has 0 aromatic rings. The Morgan fingerprint density at radius 1 is 1.62 bits per heavy atom. The fraction of sp³-hybridized carbons (Fsp3) is 0.889. The second kappa shape index (κ2) is 4.46. The quantitative estimate of drug-likeness (QED) is 0.419. The predicted molar refractivity (Wildman–Crippen MR) is 53.5 cm³/mol. The first kappa shape index (κ1) is 10.3. The summed E-state index contributed by atoms with van der Waals surface area (Å²) in [6.07, 6.45) is 3.21. The van der Waals surface area contributed by atoms with Gasteiger partial charge in [-0.25, -0.2) is 0 Å². The summed E-state index contributed by atoms with van der Waals surface area (Å²) < 4.78 is 0. The van der Waals surface area contributed by atoms with Crippen LogP contribution in [0.1, 0.15) is 26.2 Å². The predicted octanol–water partition coefficient (Wildman–Crippen LogP) is 0.0732. The largest absolute Gasteiger partial charge is 0.396 e. The number of nitrogens with two attached hydrogens (primary N) is 1. The van der Waals surface area contributed by atoms with Crippen LogP contribution in [0.3, 0.4) is 0 Å². The van der Waals surface area contributed by atoms with E-state index in [2.05, 4.69) is 10.3 Å². The minimum atomic E-state index is 0.261. The van der Waals surface area contributed by atoms with Gasteiger partial charge in [-0.05, 0) is 31.6 Å². The smallest absolute Gasteiger partial charge is 0.188 e. The molecule has 13 heavy (non-hydrogen) atoms. The molecule has 1 aliphatic rings. The van der Waals surface area contributed by atoms with Crippen LogP contribution in [0.2, 0.25) is 0 Å². The van der Waals surface area contributed by atoms with Crippen molar-refractivity contribution < 1.29 is 5.11 Å². The average molecular weight is 185 g/mol. The van der Waals surface area contributed by atoms with Crippen LogP contribution in [0.25, 0.3) is 0 Å². The summed E-state index contributed by atoms with van der Waals surface area (Å²) in [5, 5.41) is 11.8. The Kier molecular flexibility index (Phi) is 3.54. The van der Waals surface area contributed by atoms with E-state index < -0.39 is 0 Å². The molecule has 1 rings (SSSR count). The number of guanidine groups is 1. The van der Waals surface area contributed by atoms with Gasteiger partial charge in [0.05, 0.1) is 0 Å². The Bertz CT molecular complexity index is 187. The molecular formula is C9H19N3O. The third-order valence-electron chi connectivity index (χ3n) is 2.54. The fourth-order valence-electron chi connectivity index (χ4n) is 1.39. The zero-order chi connectivity index (χ0) is 9.73. The van der Waals surface area contributed by atoms with Gasteiger partial charge in [0, 0.05) is 19.7 Å². The summed E-state index contributed by atoms with van der Waals surface area (Å²) in [4.78, 5) is 4.24. The molecule has 0 aliphatic heterocycles. The van der Waals surface area contributed by atoms with E-state index in [1.165, 1.54) is 12.8 Å². The first-order chi connectivity index (χ1) is 6.22. The second-order valence-electron chi connectivity index (χ2n) is 3.71. The summed E-state index contributed by atoms with van der Waals surface area (Å²) in [7, 11) is 0. The standard InChI is InChI=1S/C9H19N3O/c1-2-11-8(10)12-7-9(3-4-9)5-6-13/h13H,2-7H2,1H3,(H3,10,11,12). The molecule has 4 heteroatoms. The van der Waals surface area contributed by atoms with E-state index in [0.717, 1.165) is 19.5 Å². The molecule has 4 N–H and O–H groups in total. The topological polar surface area (TPSA) is 70.6 Å². The van der Waals surface area contributed by atoms with Crippen molar-refractivity contribution in [1.82, 2.24) is 5.32 Å². The SMILES string of the molecule is CCNC(N)=NCC1(CCO)CC1. The minimum absolute atomic E-state index is 0.261. The Morgan fingerprint density at radius 2 is 2.31 bits per heavy atom. The Hall–Kier alpha value is -0.770. The summed E-state index contributed by atoms with van der Waals surface area (Å²) in [6, 6.07) is 0. The number of hydrogen-bond donors (Lipinski definition) is 3. The molecule has 0 aromatic carbocycles. The maximum absolute atomic E-state index is 8.82. The zero-order valence-corrected chi connectivity index (χ0v) is 8.21. The fourth-order valence-corrected chi connectivity index (χ4v) is 1.39. The van der Waals surface area contributed by atoms with Gasteiger partial charge in [0.15, 0.2) is 5.96 Å². The maximum Gasteiger partial charge on any atom is 0.188 e. The van der Waals surface area contributed by atoms with Crippen molar-refractivity contribution >= 4 is 5.96 Å². The second-order valence-corrected chi connectivity index (χ2v) is 3.71. The first-order valence-electron chi connectivity index (χ1n) is 4.87. The molecule has 0 bridgehead atoms. The number of rotatable bonds is 5. The molecule has 0 aromatic heterocycles. The van der Waals surface area contributed by atoms with E-state index in [0.29, 0.717) is 5.96 Å². The lowest BCUT2D eigenvalue weighted by Gasteiger charge is -2.10. The Labute approximate surface area is 79.2 Å². The van der Waals surface area contributed by atoms with E-state index in [-0.39, 0.29) is 12.0 Å². The zero-order valence-electron chi connectivity index (χ0n) is 8.21. The van der Waals surface area contributed by atoms with Gasteiger partial charge in [-0.15, -0.1) is 0 Å². The highest BCUT2D eigenvalue weighted by Gasteiger charge is 2.41. The molecule has 0 atom stereocenters. The maximum atomic E-state index is 8.82. The molecule has 4 nitrogen and oxygen atoms in total.